The molecule has 1 atom stereocenters. The summed E-state index contributed by atoms with van der Waals surface area (Å²) >= 11 is 2.89. The highest BCUT2D eigenvalue weighted by Crippen LogP contribution is 2.35. The van der Waals surface area contributed by atoms with E-state index in [1.54, 1.807) is 41.5 Å². The van der Waals surface area contributed by atoms with Crippen molar-refractivity contribution in [2.45, 2.75) is 17.9 Å². The number of nitrogens with zero attached hydrogens (tertiary/aromatic N) is 3. The summed E-state index contributed by atoms with van der Waals surface area (Å²) in [6.07, 6.45) is 3.79. The van der Waals surface area contributed by atoms with E-state index in [1.165, 1.54) is 11.3 Å². The molecule has 200 valence electrons. The maximum absolute atomic E-state index is 13.9. The van der Waals surface area contributed by atoms with Gasteiger partial charge in [-0.15, -0.1) is 11.8 Å². The number of ether oxygens (including phenoxy) is 2. The molecule has 1 aliphatic rings. The minimum absolute atomic E-state index is 0.0393. The van der Waals surface area contributed by atoms with Crippen molar-refractivity contribution in [2.24, 2.45) is 4.99 Å². The first-order chi connectivity index (χ1) is 19.5. The van der Waals surface area contributed by atoms with E-state index >= 15 is 0 Å². The number of rotatable bonds is 8. The quantitative estimate of drug-likeness (QED) is 0.229. The van der Waals surface area contributed by atoms with Crippen molar-refractivity contribution in [1.82, 2.24) is 4.57 Å². The van der Waals surface area contributed by atoms with E-state index in [0.717, 1.165) is 21.6 Å². The molecule has 1 aromatic heterocycles. The number of aromatic nitrogens is 1. The number of esters is 1. The number of thioether (sulfide) groups is 1. The lowest BCUT2D eigenvalue weighted by Crippen LogP contribution is -2.40. The van der Waals surface area contributed by atoms with Gasteiger partial charge in [-0.1, -0.05) is 65.9 Å². The van der Waals surface area contributed by atoms with Crippen LogP contribution in [0.15, 0.2) is 99.1 Å². The van der Waals surface area contributed by atoms with Crippen LogP contribution in [0.1, 0.15) is 29.7 Å². The molecule has 4 aromatic rings. The summed E-state index contributed by atoms with van der Waals surface area (Å²) in [4.78, 5) is 33.9. The average molecular weight is 568 g/mol. The minimum Gasteiger partial charge on any atom is -0.479 e. The Morgan fingerprint density at radius 3 is 2.48 bits per heavy atom. The molecule has 0 radical (unpaired) electrons. The molecule has 5 rings (SSSR count). The molecule has 9 heteroatoms. The first-order valence-corrected chi connectivity index (χ1v) is 14.6. The van der Waals surface area contributed by atoms with Crippen molar-refractivity contribution < 1.29 is 14.3 Å². The lowest BCUT2D eigenvalue weighted by molar-refractivity contribution is -0.138. The molecule has 1 aliphatic heterocycles. The van der Waals surface area contributed by atoms with Gasteiger partial charge in [-0.25, -0.2) is 9.79 Å². The van der Waals surface area contributed by atoms with E-state index < -0.39 is 12.0 Å². The van der Waals surface area contributed by atoms with Crippen molar-refractivity contribution in [3.05, 3.63) is 121 Å². The summed E-state index contributed by atoms with van der Waals surface area (Å²) in [5, 5.41) is 8.73. The van der Waals surface area contributed by atoms with Crippen molar-refractivity contribution in [3.8, 4) is 11.8 Å². The first kappa shape index (κ1) is 27.2. The van der Waals surface area contributed by atoms with E-state index in [9.17, 15) is 9.59 Å². The highest BCUT2D eigenvalue weighted by Gasteiger charge is 2.35. The van der Waals surface area contributed by atoms with Crippen molar-refractivity contribution in [1.29, 1.82) is 5.26 Å². The molecule has 1 unspecified atom stereocenters. The zero-order valence-electron chi connectivity index (χ0n) is 21.9. The predicted octanol–water partition coefficient (Wildman–Crippen LogP) is 4.56. The fourth-order valence-corrected chi connectivity index (χ4v) is 5.88. The Kier molecular flexibility index (Phi) is 8.29. The van der Waals surface area contributed by atoms with Gasteiger partial charge in [-0.3, -0.25) is 9.36 Å². The van der Waals surface area contributed by atoms with Crippen LogP contribution >= 0.6 is 23.1 Å². The molecule has 0 saturated heterocycles. The number of hydrogen-bond acceptors (Lipinski definition) is 8. The number of hydrogen-bond donors (Lipinski definition) is 0. The topological polar surface area (TPSA) is 93.7 Å². The van der Waals surface area contributed by atoms with Gasteiger partial charge in [0.1, 0.15) is 11.8 Å². The third-order valence-corrected chi connectivity index (χ3v) is 8.01. The van der Waals surface area contributed by atoms with Gasteiger partial charge in [0.05, 0.1) is 28.5 Å². The smallest absolute Gasteiger partial charge is 0.338 e. The van der Waals surface area contributed by atoms with Crippen LogP contribution in [0.2, 0.25) is 0 Å². The van der Waals surface area contributed by atoms with Gasteiger partial charge >= 0.3 is 5.97 Å². The van der Waals surface area contributed by atoms with Crippen LogP contribution in [0.3, 0.4) is 0 Å². The summed E-state index contributed by atoms with van der Waals surface area (Å²) in [6, 6.07) is 25.7. The molecule has 0 aliphatic carbocycles. The van der Waals surface area contributed by atoms with E-state index in [4.69, 9.17) is 19.7 Å². The maximum atomic E-state index is 13.9. The summed E-state index contributed by atoms with van der Waals surface area (Å²) in [5.74, 6) is 0.0618. The van der Waals surface area contributed by atoms with Gasteiger partial charge in [0.2, 0.25) is 0 Å². The van der Waals surface area contributed by atoms with E-state index in [0.29, 0.717) is 26.4 Å². The standard InChI is InChI=1S/C31H25N3O4S2/c1-3-37-30(36)26-27(21-7-5-4-6-8-21)33-31-34(28(26)22-11-15-24(39-2)16-12-22)29(35)25(40-31)19-20-9-13-23(14-10-20)38-18-17-32/h4-16,19,28H,3,18H2,1-2H3. The molecule has 0 saturated carbocycles. The molecule has 0 spiro atoms. The molecule has 0 fully saturated rings. The van der Waals surface area contributed by atoms with Crippen LogP contribution in [0, 0.1) is 11.3 Å². The summed E-state index contributed by atoms with van der Waals surface area (Å²) < 4.78 is 12.9. The van der Waals surface area contributed by atoms with Crippen LogP contribution in [-0.2, 0) is 9.53 Å². The van der Waals surface area contributed by atoms with E-state index in [1.807, 2.05) is 79.1 Å². The fourth-order valence-electron chi connectivity index (χ4n) is 4.47. The largest absolute Gasteiger partial charge is 0.479 e. The van der Waals surface area contributed by atoms with Crippen molar-refractivity contribution >= 4 is 40.8 Å². The Labute approximate surface area is 239 Å². The zero-order chi connectivity index (χ0) is 28.1. The number of carbonyl (C=O) groups excluding carboxylic acids is 1. The van der Waals surface area contributed by atoms with Gasteiger partial charge in [0.15, 0.2) is 11.4 Å². The van der Waals surface area contributed by atoms with Gasteiger partial charge in [-0.2, -0.15) is 5.26 Å². The van der Waals surface area contributed by atoms with Crippen LogP contribution < -0.4 is 19.6 Å². The summed E-state index contributed by atoms with van der Waals surface area (Å²) in [6.45, 7) is 1.91. The normalized spacial score (nSPS) is 14.7. The molecule has 0 bridgehead atoms. The Balaban J connectivity index is 1.73. The van der Waals surface area contributed by atoms with Crippen LogP contribution in [0.4, 0.5) is 0 Å². The lowest BCUT2D eigenvalue weighted by atomic mass is 9.93. The molecule has 2 heterocycles. The lowest BCUT2D eigenvalue weighted by Gasteiger charge is -2.26. The number of benzene rings is 3. The maximum Gasteiger partial charge on any atom is 0.338 e. The number of nitriles is 1. The molecular formula is C31H25N3O4S2. The predicted molar refractivity (Wildman–Crippen MR) is 157 cm³/mol. The van der Waals surface area contributed by atoms with Crippen LogP contribution in [-0.4, -0.2) is 30.0 Å². The third kappa shape index (κ3) is 5.50. The Hall–Kier alpha value is -4.39. The number of fused-ring (bicyclic) bond motifs is 1. The second-order valence-corrected chi connectivity index (χ2v) is 10.6. The van der Waals surface area contributed by atoms with Crippen LogP contribution in [0.25, 0.3) is 11.8 Å². The molecule has 7 nitrogen and oxygen atoms in total. The monoisotopic (exact) mass is 567 g/mol. The summed E-state index contributed by atoms with van der Waals surface area (Å²) in [5.41, 5.74) is 2.91. The Morgan fingerprint density at radius 2 is 1.82 bits per heavy atom. The van der Waals surface area contributed by atoms with Gasteiger partial charge < -0.3 is 9.47 Å². The van der Waals surface area contributed by atoms with Crippen molar-refractivity contribution in [2.75, 3.05) is 19.5 Å². The summed E-state index contributed by atoms with van der Waals surface area (Å²) in [7, 11) is 0. The van der Waals surface area contributed by atoms with Gasteiger partial charge in [0.25, 0.3) is 5.56 Å². The van der Waals surface area contributed by atoms with E-state index in [2.05, 4.69) is 0 Å². The molecular weight excluding hydrogens is 542 g/mol. The number of thiazole rings is 1. The molecule has 0 N–H and O–H groups in total. The second-order valence-electron chi connectivity index (χ2n) is 8.72. The van der Waals surface area contributed by atoms with E-state index in [-0.39, 0.29) is 18.8 Å². The fraction of sp³-hybridized carbons (Fsp3) is 0.161. The highest BCUT2D eigenvalue weighted by molar-refractivity contribution is 7.98. The van der Waals surface area contributed by atoms with Crippen molar-refractivity contribution in [3.63, 3.8) is 0 Å². The molecule has 0 amide bonds. The highest BCUT2D eigenvalue weighted by atomic mass is 32.2. The first-order valence-electron chi connectivity index (χ1n) is 12.6. The molecule has 40 heavy (non-hydrogen) atoms. The van der Waals surface area contributed by atoms with Crippen LogP contribution in [0.5, 0.6) is 5.75 Å². The van der Waals surface area contributed by atoms with Gasteiger partial charge in [-0.05, 0) is 54.6 Å². The SMILES string of the molecule is CCOC(=O)C1=C(c2ccccc2)N=c2sc(=Cc3ccc(OCC#N)cc3)c(=O)n2C1c1ccc(SC)cc1. The van der Waals surface area contributed by atoms with Gasteiger partial charge in [0, 0.05) is 10.5 Å². The second kappa shape index (κ2) is 12.2. The minimum atomic E-state index is -0.717. The number of carbonyl (C=O) groups is 1. The third-order valence-electron chi connectivity index (χ3n) is 6.29. The molecule has 3 aromatic carbocycles. The zero-order valence-corrected chi connectivity index (χ0v) is 23.5. The average Bonchev–Trinajstić information content (AvgIpc) is 3.30. The Bertz CT molecular complexity index is 1780. The Morgan fingerprint density at radius 1 is 1.10 bits per heavy atom.